The molecular formula is C18H28BrN3O. The molecule has 2 N–H and O–H groups in total. The molecule has 5 heteroatoms. The molecule has 1 aliphatic rings. The molecule has 0 heterocycles. The van der Waals surface area contributed by atoms with Crippen LogP contribution in [0.4, 0.5) is 0 Å². The quantitative estimate of drug-likeness (QED) is 0.391. The average Bonchev–Trinajstić information content (AvgIpc) is 3.35. The van der Waals surface area contributed by atoms with Gasteiger partial charge in [-0.1, -0.05) is 28.1 Å². The molecule has 0 amide bonds. The van der Waals surface area contributed by atoms with E-state index in [-0.39, 0.29) is 5.41 Å². The lowest BCUT2D eigenvalue weighted by molar-refractivity contribution is 0.143. The van der Waals surface area contributed by atoms with Gasteiger partial charge in [0.2, 0.25) is 0 Å². The minimum absolute atomic E-state index is 0.274. The van der Waals surface area contributed by atoms with Crippen molar-refractivity contribution in [3.63, 3.8) is 0 Å². The van der Waals surface area contributed by atoms with Crippen LogP contribution in [-0.2, 0) is 10.2 Å². The van der Waals surface area contributed by atoms with Crippen molar-refractivity contribution < 1.29 is 4.74 Å². The molecular weight excluding hydrogens is 354 g/mol. The van der Waals surface area contributed by atoms with Gasteiger partial charge in [-0.05, 0) is 50.3 Å². The minimum atomic E-state index is 0.274. The van der Waals surface area contributed by atoms with Crippen LogP contribution in [0.25, 0.3) is 0 Å². The SMILES string of the molecule is CCOCCCCNC(=NC)NCC1(c2cccc(Br)c2)CC1. The second kappa shape index (κ2) is 9.28. The average molecular weight is 382 g/mol. The van der Waals surface area contributed by atoms with E-state index < -0.39 is 0 Å². The van der Waals surface area contributed by atoms with E-state index in [0.717, 1.165) is 49.6 Å². The smallest absolute Gasteiger partial charge is 0.191 e. The van der Waals surface area contributed by atoms with Crippen molar-refractivity contribution in [3.8, 4) is 0 Å². The first-order chi connectivity index (χ1) is 11.2. The summed E-state index contributed by atoms with van der Waals surface area (Å²) in [5, 5.41) is 6.87. The number of ether oxygens (including phenoxy) is 1. The molecule has 23 heavy (non-hydrogen) atoms. The molecule has 0 radical (unpaired) electrons. The topological polar surface area (TPSA) is 45.6 Å². The monoisotopic (exact) mass is 381 g/mol. The zero-order valence-electron chi connectivity index (χ0n) is 14.2. The van der Waals surface area contributed by atoms with Gasteiger partial charge in [-0.15, -0.1) is 0 Å². The lowest BCUT2D eigenvalue weighted by Gasteiger charge is -2.19. The third kappa shape index (κ3) is 5.81. The van der Waals surface area contributed by atoms with E-state index in [1.54, 1.807) is 0 Å². The molecule has 0 unspecified atom stereocenters. The largest absolute Gasteiger partial charge is 0.382 e. The number of hydrogen-bond donors (Lipinski definition) is 2. The molecule has 1 fully saturated rings. The second-order valence-corrected chi connectivity index (χ2v) is 6.96. The predicted molar refractivity (Wildman–Crippen MR) is 100 cm³/mol. The molecule has 1 aromatic carbocycles. The lowest BCUT2D eigenvalue weighted by atomic mass is 9.96. The van der Waals surface area contributed by atoms with E-state index in [4.69, 9.17) is 4.74 Å². The lowest BCUT2D eigenvalue weighted by Crippen LogP contribution is -2.41. The number of hydrogen-bond acceptors (Lipinski definition) is 2. The molecule has 0 bridgehead atoms. The highest BCUT2D eigenvalue weighted by molar-refractivity contribution is 9.10. The Hall–Kier alpha value is -1.07. The van der Waals surface area contributed by atoms with E-state index in [9.17, 15) is 0 Å². The van der Waals surface area contributed by atoms with Gasteiger partial charge in [-0.25, -0.2) is 0 Å². The number of rotatable bonds is 9. The van der Waals surface area contributed by atoms with Crippen LogP contribution >= 0.6 is 15.9 Å². The van der Waals surface area contributed by atoms with Gasteiger partial charge in [0.1, 0.15) is 0 Å². The third-order valence-electron chi connectivity index (χ3n) is 4.32. The summed E-state index contributed by atoms with van der Waals surface area (Å²) in [6.07, 6.45) is 4.65. The number of unbranched alkanes of at least 4 members (excludes halogenated alkanes) is 1. The van der Waals surface area contributed by atoms with E-state index >= 15 is 0 Å². The van der Waals surface area contributed by atoms with Crippen LogP contribution in [0.1, 0.15) is 38.2 Å². The van der Waals surface area contributed by atoms with Gasteiger partial charge in [0.25, 0.3) is 0 Å². The molecule has 0 aliphatic heterocycles. The van der Waals surface area contributed by atoms with E-state index in [1.807, 2.05) is 14.0 Å². The Morgan fingerprint density at radius 3 is 2.78 bits per heavy atom. The Morgan fingerprint density at radius 2 is 2.13 bits per heavy atom. The molecule has 1 aliphatic carbocycles. The van der Waals surface area contributed by atoms with Crippen molar-refractivity contribution in [2.75, 3.05) is 33.4 Å². The molecule has 0 atom stereocenters. The third-order valence-corrected chi connectivity index (χ3v) is 4.81. The molecule has 128 valence electrons. The highest BCUT2D eigenvalue weighted by Crippen LogP contribution is 2.48. The summed E-state index contributed by atoms with van der Waals surface area (Å²) in [7, 11) is 1.83. The maximum Gasteiger partial charge on any atom is 0.191 e. The fourth-order valence-corrected chi connectivity index (χ4v) is 3.09. The zero-order chi connectivity index (χ0) is 16.5. The van der Waals surface area contributed by atoms with Gasteiger partial charge in [-0.2, -0.15) is 0 Å². The number of nitrogens with one attached hydrogen (secondary N) is 2. The normalized spacial score (nSPS) is 16.2. The number of benzene rings is 1. The van der Waals surface area contributed by atoms with Crippen LogP contribution in [0.15, 0.2) is 33.7 Å². The van der Waals surface area contributed by atoms with Crippen molar-refractivity contribution in [1.29, 1.82) is 0 Å². The number of aliphatic imine (C=N–C) groups is 1. The van der Waals surface area contributed by atoms with Crippen LogP contribution < -0.4 is 10.6 Å². The van der Waals surface area contributed by atoms with Crippen LogP contribution in [0.5, 0.6) is 0 Å². The molecule has 1 aromatic rings. The zero-order valence-corrected chi connectivity index (χ0v) is 15.8. The molecule has 2 rings (SSSR count). The number of halogens is 1. The molecule has 0 aromatic heterocycles. The summed E-state index contributed by atoms with van der Waals surface area (Å²) in [5.41, 5.74) is 1.68. The summed E-state index contributed by atoms with van der Waals surface area (Å²) < 4.78 is 6.50. The van der Waals surface area contributed by atoms with Gasteiger partial charge in [0.05, 0.1) is 0 Å². The van der Waals surface area contributed by atoms with Crippen LogP contribution in [0.3, 0.4) is 0 Å². The van der Waals surface area contributed by atoms with Crippen LogP contribution in [0, 0.1) is 0 Å². The molecule has 0 saturated heterocycles. The number of guanidine groups is 1. The first kappa shape index (κ1) is 18.3. The Morgan fingerprint density at radius 1 is 1.30 bits per heavy atom. The van der Waals surface area contributed by atoms with Gasteiger partial charge in [0, 0.05) is 43.2 Å². The van der Waals surface area contributed by atoms with Crippen molar-refractivity contribution >= 4 is 21.9 Å². The van der Waals surface area contributed by atoms with Crippen LogP contribution in [0.2, 0.25) is 0 Å². The summed E-state index contributed by atoms with van der Waals surface area (Å²) in [6, 6.07) is 8.66. The first-order valence-electron chi connectivity index (χ1n) is 8.48. The highest BCUT2D eigenvalue weighted by atomic mass is 79.9. The van der Waals surface area contributed by atoms with Crippen molar-refractivity contribution in [3.05, 3.63) is 34.3 Å². The summed E-state index contributed by atoms with van der Waals surface area (Å²) >= 11 is 3.57. The summed E-state index contributed by atoms with van der Waals surface area (Å²) in [6.45, 7) is 5.53. The van der Waals surface area contributed by atoms with Gasteiger partial charge in [0.15, 0.2) is 5.96 Å². The van der Waals surface area contributed by atoms with Gasteiger partial charge >= 0.3 is 0 Å². The second-order valence-electron chi connectivity index (χ2n) is 6.05. The molecule has 1 saturated carbocycles. The minimum Gasteiger partial charge on any atom is -0.382 e. The Balaban J connectivity index is 1.73. The Labute approximate surface area is 148 Å². The van der Waals surface area contributed by atoms with Crippen molar-refractivity contribution in [2.45, 2.75) is 38.0 Å². The summed E-state index contributed by atoms with van der Waals surface area (Å²) in [4.78, 5) is 4.32. The first-order valence-corrected chi connectivity index (χ1v) is 9.28. The standard InChI is InChI=1S/C18H28BrN3O/c1-3-23-12-5-4-11-21-17(20-2)22-14-18(9-10-18)15-7-6-8-16(19)13-15/h6-8,13H,3-5,9-12,14H2,1-2H3,(H2,20,21,22). The van der Waals surface area contributed by atoms with Crippen LogP contribution in [-0.4, -0.2) is 39.3 Å². The Kier molecular flexibility index (Phi) is 7.37. The van der Waals surface area contributed by atoms with E-state index in [2.05, 4.69) is 55.8 Å². The fraction of sp³-hybridized carbons (Fsp3) is 0.611. The molecule has 0 spiro atoms. The van der Waals surface area contributed by atoms with Crippen molar-refractivity contribution in [1.82, 2.24) is 10.6 Å². The Bertz CT molecular complexity index is 515. The highest BCUT2D eigenvalue weighted by Gasteiger charge is 2.44. The fourth-order valence-electron chi connectivity index (χ4n) is 2.69. The molecule has 4 nitrogen and oxygen atoms in total. The maximum absolute atomic E-state index is 5.35. The number of nitrogens with zero attached hydrogens (tertiary/aromatic N) is 1. The van der Waals surface area contributed by atoms with Gasteiger partial charge < -0.3 is 15.4 Å². The summed E-state index contributed by atoms with van der Waals surface area (Å²) in [5.74, 6) is 0.891. The van der Waals surface area contributed by atoms with Gasteiger partial charge in [-0.3, -0.25) is 4.99 Å². The van der Waals surface area contributed by atoms with E-state index in [1.165, 1.54) is 18.4 Å². The predicted octanol–water partition coefficient (Wildman–Crippen LogP) is 3.46. The van der Waals surface area contributed by atoms with E-state index in [0.29, 0.717) is 0 Å². The van der Waals surface area contributed by atoms with Crippen molar-refractivity contribution in [2.24, 2.45) is 4.99 Å². The maximum atomic E-state index is 5.35.